The number of halogens is 1. The summed E-state index contributed by atoms with van der Waals surface area (Å²) in [6, 6.07) is 8.49. The van der Waals surface area contributed by atoms with Crippen molar-refractivity contribution < 1.29 is 14.6 Å². The van der Waals surface area contributed by atoms with Crippen LogP contribution in [0.2, 0.25) is 0 Å². The van der Waals surface area contributed by atoms with E-state index in [1.165, 1.54) is 5.56 Å². The zero-order valence-corrected chi connectivity index (χ0v) is 12.5. The van der Waals surface area contributed by atoms with Crippen molar-refractivity contribution in [2.24, 2.45) is 0 Å². The van der Waals surface area contributed by atoms with Gasteiger partial charge in [0.2, 0.25) is 0 Å². The number of nitrogens with one attached hydrogen (secondary N) is 1. The fourth-order valence-corrected chi connectivity index (χ4v) is 2.72. The lowest BCUT2D eigenvalue weighted by molar-refractivity contribution is -0.137. The van der Waals surface area contributed by atoms with Gasteiger partial charge in [-0.15, -0.1) is 12.4 Å². The number of carboxylic acid groups (broad SMARTS) is 1. The van der Waals surface area contributed by atoms with Gasteiger partial charge in [0.15, 0.2) is 0 Å². The molecule has 1 fully saturated rings. The first kappa shape index (κ1) is 16.8. The van der Waals surface area contributed by atoms with Crippen molar-refractivity contribution in [3.63, 3.8) is 0 Å². The van der Waals surface area contributed by atoms with E-state index in [0.717, 1.165) is 25.1 Å². The molecule has 112 valence electrons. The van der Waals surface area contributed by atoms with E-state index in [2.05, 4.69) is 17.4 Å². The molecule has 1 aromatic carbocycles. The smallest absolute Gasteiger partial charge is 0.303 e. The maximum atomic E-state index is 10.6. The van der Waals surface area contributed by atoms with Gasteiger partial charge in [-0.25, -0.2) is 0 Å². The molecular weight excluding hydrogens is 278 g/mol. The van der Waals surface area contributed by atoms with E-state index in [-0.39, 0.29) is 18.8 Å². The lowest BCUT2D eigenvalue weighted by atomic mass is 9.85. The highest BCUT2D eigenvalue weighted by atomic mass is 35.5. The van der Waals surface area contributed by atoms with Crippen LogP contribution in [0, 0.1) is 0 Å². The van der Waals surface area contributed by atoms with Crippen molar-refractivity contribution in [2.45, 2.75) is 37.6 Å². The normalized spacial score (nSPS) is 21.9. The van der Waals surface area contributed by atoms with Crippen LogP contribution in [0.15, 0.2) is 24.3 Å². The number of hydrogen-bond acceptors (Lipinski definition) is 3. The molecular formula is C15H22ClNO3. The van der Waals surface area contributed by atoms with Crippen LogP contribution >= 0.6 is 12.4 Å². The number of piperidine rings is 1. The van der Waals surface area contributed by atoms with Gasteiger partial charge in [-0.1, -0.05) is 12.1 Å². The number of carbonyl (C=O) groups is 1. The summed E-state index contributed by atoms with van der Waals surface area (Å²) in [6.07, 6.45) is 3.04. The first-order chi connectivity index (χ1) is 9.19. The van der Waals surface area contributed by atoms with Crippen molar-refractivity contribution in [1.82, 2.24) is 5.32 Å². The molecule has 2 atom stereocenters. The highest BCUT2D eigenvalue weighted by molar-refractivity contribution is 5.85. The third kappa shape index (κ3) is 4.69. The summed E-state index contributed by atoms with van der Waals surface area (Å²) in [5.41, 5.74) is 1.29. The highest BCUT2D eigenvalue weighted by Gasteiger charge is 2.23. The predicted molar refractivity (Wildman–Crippen MR) is 80.9 cm³/mol. The Kier molecular flexibility index (Phi) is 6.82. The van der Waals surface area contributed by atoms with E-state index < -0.39 is 5.97 Å². The maximum absolute atomic E-state index is 10.6. The van der Waals surface area contributed by atoms with E-state index >= 15 is 0 Å². The molecule has 2 rings (SSSR count). The minimum atomic E-state index is -0.717. The molecule has 1 aromatic rings. The number of methoxy groups -OCH3 is 1. The average molecular weight is 300 g/mol. The summed E-state index contributed by atoms with van der Waals surface area (Å²) in [5.74, 6) is 0.665. The second-order valence-electron chi connectivity index (χ2n) is 5.08. The van der Waals surface area contributed by atoms with Crippen molar-refractivity contribution in [2.75, 3.05) is 13.7 Å². The third-order valence-corrected chi connectivity index (χ3v) is 3.77. The molecule has 0 radical (unpaired) electrons. The number of hydrogen-bond donors (Lipinski definition) is 2. The largest absolute Gasteiger partial charge is 0.497 e. The van der Waals surface area contributed by atoms with Crippen molar-refractivity contribution in [3.8, 4) is 5.75 Å². The topological polar surface area (TPSA) is 58.6 Å². The molecule has 1 aliphatic rings. The molecule has 0 amide bonds. The molecule has 4 nitrogen and oxygen atoms in total. The molecule has 5 heteroatoms. The van der Waals surface area contributed by atoms with Crippen LogP contribution in [0.3, 0.4) is 0 Å². The molecule has 0 spiro atoms. The minimum Gasteiger partial charge on any atom is -0.497 e. The van der Waals surface area contributed by atoms with Crippen LogP contribution in [0.5, 0.6) is 5.75 Å². The number of carboxylic acids is 1. The molecule has 0 aromatic heterocycles. The fraction of sp³-hybridized carbons (Fsp3) is 0.533. The quantitative estimate of drug-likeness (QED) is 0.878. The Labute approximate surface area is 125 Å². The molecule has 0 aliphatic carbocycles. The fourth-order valence-electron chi connectivity index (χ4n) is 2.72. The molecule has 20 heavy (non-hydrogen) atoms. The summed E-state index contributed by atoms with van der Waals surface area (Å²) < 4.78 is 5.26. The molecule has 1 heterocycles. The maximum Gasteiger partial charge on any atom is 0.303 e. The van der Waals surface area contributed by atoms with Crippen LogP contribution in [0.1, 0.15) is 37.2 Å². The molecule has 2 unspecified atom stereocenters. The molecule has 0 saturated carbocycles. The summed E-state index contributed by atoms with van der Waals surface area (Å²) in [5, 5.41) is 12.2. The predicted octanol–water partition coefficient (Wildman–Crippen LogP) is 2.82. The van der Waals surface area contributed by atoms with Gasteiger partial charge in [-0.05, 0) is 49.4 Å². The Morgan fingerprint density at radius 3 is 3.00 bits per heavy atom. The number of benzene rings is 1. The van der Waals surface area contributed by atoms with E-state index in [1.807, 2.05) is 12.1 Å². The Morgan fingerprint density at radius 1 is 1.50 bits per heavy atom. The highest BCUT2D eigenvalue weighted by Crippen LogP contribution is 2.30. The van der Waals surface area contributed by atoms with E-state index in [0.29, 0.717) is 18.4 Å². The second kappa shape index (κ2) is 8.12. The Morgan fingerprint density at radius 2 is 2.30 bits per heavy atom. The van der Waals surface area contributed by atoms with E-state index in [9.17, 15) is 4.79 Å². The lowest BCUT2D eigenvalue weighted by Gasteiger charge is -2.30. The zero-order chi connectivity index (χ0) is 13.7. The van der Waals surface area contributed by atoms with Crippen LogP contribution in [0.25, 0.3) is 0 Å². The number of ether oxygens (including phenoxy) is 1. The standard InChI is InChI=1S/C15H21NO3.ClH/c1-19-14-4-2-3-11(10-14)12-7-8-16-13(9-12)5-6-15(17)18;/h2-4,10,12-13,16H,5-9H2,1H3,(H,17,18);1H. The summed E-state index contributed by atoms with van der Waals surface area (Å²) >= 11 is 0. The Bertz CT molecular complexity index is 439. The Hall–Kier alpha value is -1.26. The van der Waals surface area contributed by atoms with Gasteiger partial charge in [-0.3, -0.25) is 4.79 Å². The first-order valence-electron chi connectivity index (χ1n) is 6.78. The van der Waals surface area contributed by atoms with Gasteiger partial charge in [0, 0.05) is 12.5 Å². The van der Waals surface area contributed by atoms with Gasteiger partial charge < -0.3 is 15.2 Å². The number of aliphatic carboxylic acids is 1. The average Bonchev–Trinajstić information content (AvgIpc) is 2.45. The SMILES string of the molecule is COc1cccc(C2CCNC(CCC(=O)O)C2)c1.Cl. The number of rotatable bonds is 5. The van der Waals surface area contributed by atoms with Crippen molar-refractivity contribution in [1.29, 1.82) is 0 Å². The molecule has 2 N–H and O–H groups in total. The zero-order valence-electron chi connectivity index (χ0n) is 11.7. The van der Waals surface area contributed by atoms with Crippen LogP contribution in [-0.2, 0) is 4.79 Å². The van der Waals surface area contributed by atoms with Gasteiger partial charge in [-0.2, -0.15) is 0 Å². The van der Waals surface area contributed by atoms with Crippen LogP contribution < -0.4 is 10.1 Å². The van der Waals surface area contributed by atoms with Gasteiger partial charge in [0.05, 0.1) is 7.11 Å². The van der Waals surface area contributed by atoms with E-state index in [1.54, 1.807) is 7.11 Å². The molecule has 0 bridgehead atoms. The van der Waals surface area contributed by atoms with Crippen LogP contribution in [-0.4, -0.2) is 30.8 Å². The lowest BCUT2D eigenvalue weighted by Crippen LogP contribution is -2.37. The van der Waals surface area contributed by atoms with Gasteiger partial charge in [0.25, 0.3) is 0 Å². The van der Waals surface area contributed by atoms with Crippen molar-refractivity contribution >= 4 is 18.4 Å². The molecule has 1 aliphatic heterocycles. The summed E-state index contributed by atoms with van der Waals surface area (Å²) in [4.78, 5) is 10.6. The third-order valence-electron chi connectivity index (χ3n) is 3.77. The van der Waals surface area contributed by atoms with Gasteiger partial charge >= 0.3 is 5.97 Å². The minimum absolute atomic E-state index is 0. The van der Waals surface area contributed by atoms with E-state index in [4.69, 9.17) is 9.84 Å². The van der Waals surface area contributed by atoms with Crippen molar-refractivity contribution in [3.05, 3.63) is 29.8 Å². The monoisotopic (exact) mass is 299 g/mol. The van der Waals surface area contributed by atoms with Gasteiger partial charge in [0.1, 0.15) is 5.75 Å². The summed E-state index contributed by atoms with van der Waals surface area (Å²) in [6.45, 7) is 0.951. The molecule has 1 saturated heterocycles. The first-order valence-corrected chi connectivity index (χ1v) is 6.78. The summed E-state index contributed by atoms with van der Waals surface area (Å²) in [7, 11) is 1.68. The van der Waals surface area contributed by atoms with Crippen LogP contribution in [0.4, 0.5) is 0 Å². The Balaban J connectivity index is 0.00000200. The second-order valence-corrected chi connectivity index (χ2v) is 5.08.